The minimum Gasteiger partial charge on any atom is -0.385 e. The molecule has 1 fully saturated rings. The van der Waals surface area contributed by atoms with Gasteiger partial charge in [0.1, 0.15) is 0 Å². The molecule has 0 radical (unpaired) electrons. The molecule has 2 N–H and O–H groups in total. The lowest BCUT2D eigenvalue weighted by atomic mass is 9.71. The minimum atomic E-state index is -0.674. The van der Waals surface area contributed by atoms with Crippen LogP contribution in [-0.4, -0.2) is 24.5 Å². The molecule has 3 nitrogen and oxygen atoms in total. The number of aliphatic hydroxyl groups is 1. The fraction of sp³-hybridized carbons (Fsp3) is 0.588. The summed E-state index contributed by atoms with van der Waals surface area (Å²) in [6.07, 6.45) is 6.71. The zero-order valence-electron chi connectivity index (χ0n) is 12.5. The molecule has 1 saturated carbocycles. The Morgan fingerprint density at radius 2 is 2.20 bits per heavy atom. The van der Waals surface area contributed by atoms with E-state index in [1.807, 2.05) is 37.4 Å². The topological polar surface area (TPSA) is 44.6 Å². The van der Waals surface area contributed by atoms with E-state index in [2.05, 4.69) is 17.2 Å². The normalized spacial score (nSPS) is 28.4. The molecule has 0 saturated heterocycles. The van der Waals surface area contributed by atoms with Gasteiger partial charge in [-0.2, -0.15) is 0 Å². The van der Waals surface area contributed by atoms with Crippen LogP contribution >= 0.6 is 0 Å². The van der Waals surface area contributed by atoms with E-state index in [0.717, 1.165) is 37.7 Å². The highest BCUT2D eigenvalue weighted by atomic mass is 16.3. The van der Waals surface area contributed by atoms with E-state index >= 15 is 0 Å². The summed E-state index contributed by atoms with van der Waals surface area (Å²) in [5.74, 6) is 0.462. The van der Waals surface area contributed by atoms with Crippen molar-refractivity contribution in [3.63, 3.8) is 0 Å². The molecule has 0 heterocycles. The third-order valence-corrected chi connectivity index (χ3v) is 4.43. The first-order valence-electron chi connectivity index (χ1n) is 7.66. The van der Waals surface area contributed by atoms with Gasteiger partial charge in [0.15, 0.2) is 0 Å². The van der Waals surface area contributed by atoms with E-state index in [9.17, 15) is 5.11 Å². The first kappa shape index (κ1) is 15.0. The molecule has 3 atom stereocenters. The number of rotatable bonds is 5. The first-order chi connectivity index (χ1) is 9.69. The van der Waals surface area contributed by atoms with Crippen LogP contribution in [0.1, 0.15) is 44.6 Å². The summed E-state index contributed by atoms with van der Waals surface area (Å²) in [7, 11) is 1.87. The number of aliphatic imine (C=N–C) groups is 1. The maximum atomic E-state index is 11.0. The van der Waals surface area contributed by atoms with Gasteiger partial charge in [0.2, 0.25) is 0 Å². The number of hydrogen-bond acceptors (Lipinski definition) is 2. The molecule has 1 aliphatic carbocycles. The van der Waals surface area contributed by atoms with Gasteiger partial charge in [0.25, 0.3) is 0 Å². The highest BCUT2D eigenvalue weighted by Crippen LogP contribution is 2.42. The van der Waals surface area contributed by atoms with Crippen molar-refractivity contribution in [3.05, 3.63) is 35.9 Å². The summed E-state index contributed by atoms with van der Waals surface area (Å²) in [6.45, 7) is 2.17. The molecule has 0 amide bonds. The fourth-order valence-corrected chi connectivity index (χ4v) is 3.36. The van der Waals surface area contributed by atoms with Gasteiger partial charge in [0, 0.05) is 7.05 Å². The minimum absolute atomic E-state index is 0.304. The van der Waals surface area contributed by atoms with Crippen molar-refractivity contribution in [1.82, 2.24) is 5.32 Å². The van der Waals surface area contributed by atoms with Crippen LogP contribution in [0, 0.1) is 5.92 Å². The SMILES string of the molecule is CCC(N=CNC)C1CCCC(O)(c2ccccc2)C1. The Bertz CT molecular complexity index is 432. The first-order valence-corrected chi connectivity index (χ1v) is 7.66. The third kappa shape index (κ3) is 3.40. The number of nitrogens with zero attached hydrogens (tertiary/aromatic N) is 1. The van der Waals surface area contributed by atoms with Crippen LogP contribution in [0.2, 0.25) is 0 Å². The lowest BCUT2D eigenvalue weighted by Crippen LogP contribution is -2.36. The molecular weight excluding hydrogens is 248 g/mol. The van der Waals surface area contributed by atoms with Crippen LogP contribution in [0.5, 0.6) is 0 Å². The Hall–Kier alpha value is -1.35. The molecule has 0 bridgehead atoms. The van der Waals surface area contributed by atoms with Crippen molar-refractivity contribution < 1.29 is 5.11 Å². The van der Waals surface area contributed by atoms with E-state index in [0.29, 0.717) is 12.0 Å². The summed E-state index contributed by atoms with van der Waals surface area (Å²) in [5.41, 5.74) is 0.379. The van der Waals surface area contributed by atoms with Gasteiger partial charge in [0.05, 0.1) is 18.0 Å². The molecule has 3 heteroatoms. The van der Waals surface area contributed by atoms with Crippen molar-refractivity contribution in [2.75, 3.05) is 7.05 Å². The van der Waals surface area contributed by atoms with Gasteiger partial charge in [-0.15, -0.1) is 0 Å². The molecule has 1 aliphatic rings. The van der Waals surface area contributed by atoms with E-state index in [1.54, 1.807) is 6.34 Å². The van der Waals surface area contributed by atoms with Crippen LogP contribution in [0.25, 0.3) is 0 Å². The molecule has 20 heavy (non-hydrogen) atoms. The molecule has 0 aliphatic heterocycles. The predicted molar refractivity (Wildman–Crippen MR) is 83.9 cm³/mol. The van der Waals surface area contributed by atoms with Crippen LogP contribution in [0.4, 0.5) is 0 Å². The van der Waals surface area contributed by atoms with E-state index in [-0.39, 0.29) is 0 Å². The Morgan fingerprint density at radius 1 is 1.45 bits per heavy atom. The maximum absolute atomic E-state index is 11.0. The molecule has 3 unspecified atom stereocenters. The molecule has 0 spiro atoms. The highest BCUT2D eigenvalue weighted by molar-refractivity contribution is 5.53. The number of hydrogen-bond donors (Lipinski definition) is 2. The lowest BCUT2D eigenvalue weighted by Gasteiger charge is -2.39. The van der Waals surface area contributed by atoms with Crippen LogP contribution in [0.15, 0.2) is 35.3 Å². The van der Waals surface area contributed by atoms with Gasteiger partial charge in [-0.1, -0.05) is 37.3 Å². The van der Waals surface area contributed by atoms with E-state index < -0.39 is 5.60 Å². The summed E-state index contributed by atoms with van der Waals surface area (Å²) in [6, 6.07) is 10.4. The van der Waals surface area contributed by atoms with Gasteiger partial charge in [-0.25, -0.2) is 0 Å². The maximum Gasteiger partial charge on any atom is 0.0900 e. The number of benzene rings is 1. The van der Waals surface area contributed by atoms with Gasteiger partial charge < -0.3 is 10.4 Å². The zero-order valence-corrected chi connectivity index (χ0v) is 12.5. The lowest BCUT2D eigenvalue weighted by molar-refractivity contribution is -0.0256. The second kappa shape index (κ2) is 6.89. The van der Waals surface area contributed by atoms with Crippen molar-refractivity contribution in [3.8, 4) is 0 Å². The van der Waals surface area contributed by atoms with Crippen LogP contribution in [-0.2, 0) is 5.60 Å². The average molecular weight is 274 g/mol. The Morgan fingerprint density at radius 3 is 2.85 bits per heavy atom. The zero-order chi connectivity index (χ0) is 14.4. The average Bonchev–Trinajstić information content (AvgIpc) is 2.49. The fourth-order valence-electron chi connectivity index (χ4n) is 3.36. The standard InChI is InChI=1S/C17H26N2O/c1-3-16(19-13-18-2)14-8-7-11-17(20,12-14)15-9-5-4-6-10-15/h4-6,9-10,13-14,16,20H,3,7-8,11-12H2,1-2H3,(H,18,19). The highest BCUT2D eigenvalue weighted by Gasteiger charge is 2.38. The molecular formula is C17H26N2O. The predicted octanol–water partition coefficient (Wildman–Crippen LogP) is 3.09. The Balaban J connectivity index is 2.13. The largest absolute Gasteiger partial charge is 0.385 e. The van der Waals surface area contributed by atoms with Crippen LogP contribution < -0.4 is 5.32 Å². The van der Waals surface area contributed by atoms with Gasteiger partial charge in [-0.3, -0.25) is 4.99 Å². The molecule has 110 valence electrons. The van der Waals surface area contributed by atoms with Crippen molar-refractivity contribution in [2.45, 2.75) is 50.7 Å². The molecule has 0 aromatic heterocycles. The molecule has 2 rings (SSSR count). The van der Waals surface area contributed by atoms with Crippen LogP contribution in [0.3, 0.4) is 0 Å². The molecule has 1 aromatic rings. The summed E-state index contributed by atoms with van der Waals surface area (Å²) in [5, 5.41) is 14.0. The quantitative estimate of drug-likeness (QED) is 0.640. The summed E-state index contributed by atoms with van der Waals surface area (Å²) in [4.78, 5) is 4.60. The Labute approximate surface area is 122 Å². The monoisotopic (exact) mass is 274 g/mol. The third-order valence-electron chi connectivity index (χ3n) is 4.43. The summed E-state index contributed by atoms with van der Waals surface area (Å²) >= 11 is 0. The van der Waals surface area contributed by atoms with Gasteiger partial charge in [-0.05, 0) is 43.6 Å². The van der Waals surface area contributed by atoms with E-state index in [1.165, 1.54) is 0 Å². The smallest absolute Gasteiger partial charge is 0.0900 e. The second-order valence-electron chi connectivity index (χ2n) is 5.80. The van der Waals surface area contributed by atoms with Gasteiger partial charge >= 0.3 is 0 Å². The summed E-state index contributed by atoms with van der Waals surface area (Å²) < 4.78 is 0. The second-order valence-corrected chi connectivity index (χ2v) is 5.80. The van der Waals surface area contributed by atoms with Crippen molar-refractivity contribution in [2.24, 2.45) is 10.9 Å². The van der Waals surface area contributed by atoms with Crippen molar-refractivity contribution >= 4 is 6.34 Å². The Kier molecular flexibility index (Phi) is 5.18. The number of nitrogens with one attached hydrogen (secondary N) is 1. The van der Waals surface area contributed by atoms with Crippen molar-refractivity contribution in [1.29, 1.82) is 0 Å². The molecule has 1 aromatic carbocycles. The van der Waals surface area contributed by atoms with E-state index in [4.69, 9.17) is 0 Å².